The molecule has 1 aromatic carbocycles. The van der Waals surface area contributed by atoms with Crippen LogP contribution in [0.2, 0.25) is 10.0 Å². The molecule has 14 heavy (non-hydrogen) atoms. The first kappa shape index (κ1) is 9.23. The van der Waals surface area contributed by atoms with E-state index in [0.29, 0.717) is 16.0 Å². The van der Waals surface area contributed by atoms with Gasteiger partial charge in [-0.15, -0.1) is 5.10 Å². The highest BCUT2D eigenvalue weighted by Gasteiger charge is 2.01. The van der Waals surface area contributed by atoms with E-state index in [-0.39, 0.29) is 0 Å². The summed E-state index contributed by atoms with van der Waals surface area (Å²) in [5.41, 5.74) is 0.751. The molecule has 0 bridgehead atoms. The van der Waals surface area contributed by atoms with Crippen LogP contribution in [-0.4, -0.2) is 20.6 Å². The molecule has 2 rings (SSSR count). The summed E-state index contributed by atoms with van der Waals surface area (Å²) in [7, 11) is 0. The molecule has 0 unspecified atom stereocenters. The van der Waals surface area contributed by atoms with Gasteiger partial charge in [-0.25, -0.2) is 0 Å². The van der Waals surface area contributed by atoms with Crippen LogP contribution >= 0.6 is 23.2 Å². The number of aromatic nitrogens is 4. The van der Waals surface area contributed by atoms with E-state index in [4.69, 9.17) is 23.2 Å². The van der Waals surface area contributed by atoms with Gasteiger partial charge in [0.25, 0.3) is 5.95 Å². The van der Waals surface area contributed by atoms with E-state index in [2.05, 4.69) is 25.9 Å². The van der Waals surface area contributed by atoms with E-state index in [9.17, 15) is 0 Å². The topological polar surface area (TPSA) is 66.5 Å². The zero-order valence-electron chi connectivity index (χ0n) is 6.83. The number of anilines is 2. The molecule has 0 aliphatic carbocycles. The van der Waals surface area contributed by atoms with Gasteiger partial charge >= 0.3 is 0 Å². The van der Waals surface area contributed by atoms with Crippen molar-refractivity contribution in [3.8, 4) is 0 Å². The molecule has 2 aromatic rings. The Morgan fingerprint density at radius 3 is 2.71 bits per heavy atom. The summed E-state index contributed by atoms with van der Waals surface area (Å²) in [6, 6.07) is 5.14. The minimum atomic E-state index is 0.378. The lowest BCUT2D eigenvalue weighted by molar-refractivity contribution is 0.881. The smallest absolute Gasteiger partial charge is 0.267 e. The number of aromatic amines is 1. The quantitative estimate of drug-likeness (QED) is 0.830. The maximum Gasteiger partial charge on any atom is 0.267 e. The summed E-state index contributed by atoms with van der Waals surface area (Å²) in [5.74, 6) is 0.378. The third kappa shape index (κ3) is 1.94. The molecule has 0 atom stereocenters. The van der Waals surface area contributed by atoms with Gasteiger partial charge in [0.1, 0.15) is 0 Å². The van der Waals surface area contributed by atoms with E-state index >= 15 is 0 Å². The number of H-pyrrole nitrogens is 1. The highest BCUT2D eigenvalue weighted by molar-refractivity contribution is 6.42. The van der Waals surface area contributed by atoms with Crippen molar-refractivity contribution in [2.45, 2.75) is 0 Å². The monoisotopic (exact) mass is 229 g/mol. The average molecular weight is 230 g/mol. The summed E-state index contributed by atoms with van der Waals surface area (Å²) < 4.78 is 0. The van der Waals surface area contributed by atoms with Gasteiger partial charge < -0.3 is 5.32 Å². The molecule has 7 heteroatoms. The molecule has 5 nitrogen and oxygen atoms in total. The minimum Gasteiger partial charge on any atom is -0.322 e. The SMILES string of the molecule is Clc1ccc(Nc2nn[nH]n2)cc1Cl. The molecular weight excluding hydrogens is 225 g/mol. The van der Waals surface area contributed by atoms with Crippen LogP contribution < -0.4 is 5.32 Å². The molecule has 0 spiro atoms. The van der Waals surface area contributed by atoms with Crippen LogP contribution in [0, 0.1) is 0 Å². The van der Waals surface area contributed by atoms with Gasteiger partial charge in [-0.05, 0) is 23.4 Å². The molecular formula is C7H5Cl2N5. The van der Waals surface area contributed by atoms with Gasteiger partial charge in [0.05, 0.1) is 10.0 Å². The molecule has 0 saturated heterocycles. The summed E-state index contributed by atoms with van der Waals surface area (Å²) in [6.07, 6.45) is 0. The Bertz CT molecular complexity index is 428. The van der Waals surface area contributed by atoms with Gasteiger partial charge in [-0.2, -0.15) is 5.21 Å². The van der Waals surface area contributed by atoms with Gasteiger partial charge in [0.2, 0.25) is 0 Å². The number of rotatable bonds is 2. The lowest BCUT2D eigenvalue weighted by atomic mass is 10.3. The van der Waals surface area contributed by atoms with Crippen molar-refractivity contribution >= 4 is 34.8 Å². The fourth-order valence-electron chi connectivity index (χ4n) is 0.918. The molecule has 1 heterocycles. The molecule has 0 fully saturated rings. The van der Waals surface area contributed by atoms with E-state index in [1.807, 2.05) is 0 Å². The summed E-state index contributed by atoms with van der Waals surface area (Å²) >= 11 is 11.6. The second-order valence-corrected chi connectivity index (χ2v) is 3.30. The van der Waals surface area contributed by atoms with Crippen LogP contribution in [0.25, 0.3) is 0 Å². The molecule has 0 amide bonds. The maximum absolute atomic E-state index is 5.82. The second kappa shape index (κ2) is 3.81. The third-order valence-electron chi connectivity index (χ3n) is 1.52. The van der Waals surface area contributed by atoms with Gasteiger partial charge in [-0.1, -0.05) is 28.3 Å². The predicted molar refractivity (Wildman–Crippen MR) is 53.9 cm³/mol. The number of nitrogens with zero attached hydrogens (tertiary/aromatic N) is 3. The lowest BCUT2D eigenvalue weighted by Gasteiger charge is -2.02. The van der Waals surface area contributed by atoms with Crippen molar-refractivity contribution in [1.82, 2.24) is 20.6 Å². The van der Waals surface area contributed by atoms with Crippen molar-refractivity contribution in [2.24, 2.45) is 0 Å². The number of benzene rings is 1. The number of tetrazole rings is 1. The average Bonchev–Trinajstić information content (AvgIpc) is 2.64. The van der Waals surface area contributed by atoms with Crippen LogP contribution in [0.3, 0.4) is 0 Å². The Hall–Kier alpha value is -1.33. The molecule has 0 saturated carbocycles. The Morgan fingerprint density at radius 2 is 2.07 bits per heavy atom. The van der Waals surface area contributed by atoms with Gasteiger partial charge in [0, 0.05) is 5.69 Å². The van der Waals surface area contributed by atoms with Crippen LogP contribution in [0.4, 0.5) is 11.6 Å². The first-order valence-corrected chi connectivity index (χ1v) is 4.47. The van der Waals surface area contributed by atoms with E-state index in [0.717, 1.165) is 5.69 Å². The Labute approximate surface area is 89.4 Å². The highest BCUT2D eigenvalue weighted by atomic mass is 35.5. The second-order valence-electron chi connectivity index (χ2n) is 2.49. The third-order valence-corrected chi connectivity index (χ3v) is 2.26. The predicted octanol–water partition coefficient (Wildman–Crippen LogP) is 2.25. The number of hydrogen-bond donors (Lipinski definition) is 2. The molecule has 2 N–H and O–H groups in total. The minimum absolute atomic E-state index is 0.378. The van der Waals surface area contributed by atoms with Crippen molar-refractivity contribution in [3.63, 3.8) is 0 Å². The molecule has 72 valence electrons. The summed E-state index contributed by atoms with van der Waals surface area (Å²) in [4.78, 5) is 0. The van der Waals surface area contributed by atoms with Crippen LogP contribution in [-0.2, 0) is 0 Å². The molecule has 0 radical (unpaired) electrons. The maximum atomic E-state index is 5.82. The van der Waals surface area contributed by atoms with Gasteiger partial charge in [0.15, 0.2) is 0 Å². The summed E-state index contributed by atoms with van der Waals surface area (Å²) in [6.45, 7) is 0. The zero-order chi connectivity index (χ0) is 9.97. The normalized spacial score (nSPS) is 10.1. The van der Waals surface area contributed by atoms with Crippen LogP contribution in [0.5, 0.6) is 0 Å². The standard InChI is InChI=1S/C7H5Cl2N5/c8-5-2-1-4(3-6(5)9)10-7-11-13-14-12-7/h1-3H,(H2,10,11,12,13,14). The van der Waals surface area contributed by atoms with E-state index < -0.39 is 0 Å². The molecule has 0 aliphatic rings. The largest absolute Gasteiger partial charge is 0.322 e. The van der Waals surface area contributed by atoms with Crippen molar-refractivity contribution in [3.05, 3.63) is 28.2 Å². The highest BCUT2D eigenvalue weighted by Crippen LogP contribution is 2.25. The van der Waals surface area contributed by atoms with E-state index in [1.54, 1.807) is 18.2 Å². The van der Waals surface area contributed by atoms with Crippen LogP contribution in [0.15, 0.2) is 18.2 Å². The number of halogens is 2. The summed E-state index contributed by atoms with van der Waals surface area (Å²) in [5, 5.41) is 17.1. The fraction of sp³-hybridized carbons (Fsp3) is 0. The van der Waals surface area contributed by atoms with Gasteiger partial charge in [-0.3, -0.25) is 0 Å². The first-order chi connectivity index (χ1) is 6.75. The first-order valence-electron chi connectivity index (χ1n) is 3.71. The van der Waals surface area contributed by atoms with Crippen molar-refractivity contribution in [1.29, 1.82) is 0 Å². The Balaban J connectivity index is 2.22. The fourth-order valence-corrected chi connectivity index (χ4v) is 1.22. The molecule has 0 aliphatic heterocycles. The van der Waals surface area contributed by atoms with Crippen LogP contribution in [0.1, 0.15) is 0 Å². The van der Waals surface area contributed by atoms with Crippen molar-refractivity contribution in [2.75, 3.05) is 5.32 Å². The Kier molecular flexibility index (Phi) is 2.51. The lowest BCUT2D eigenvalue weighted by Crippen LogP contribution is -1.92. The number of nitrogens with one attached hydrogen (secondary N) is 2. The van der Waals surface area contributed by atoms with Crippen molar-refractivity contribution < 1.29 is 0 Å². The zero-order valence-corrected chi connectivity index (χ0v) is 8.34. The van der Waals surface area contributed by atoms with E-state index in [1.165, 1.54) is 0 Å². The molecule has 1 aromatic heterocycles. The number of hydrogen-bond acceptors (Lipinski definition) is 4. The Morgan fingerprint density at radius 1 is 1.21 bits per heavy atom.